The van der Waals surface area contributed by atoms with E-state index in [0.717, 1.165) is 48.2 Å². The number of benzene rings is 2. The summed E-state index contributed by atoms with van der Waals surface area (Å²) in [5.41, 5.74) is 2.73. The van der Waals surface area contributed by atoms with Crippen LogP contribution in [0, 0.1) is 5.92 Å². The number of carbonyl (C=O) groups excluding carboxylic acids is 3. The summed E-state index contributed by atoms with van der Waals surface area (Å²) in [5, 5.41) is 5.54. The van der Waals surface area contributed by atoms with Gasteiger partial charge >= 0.3 is 6.09 Å². The molecule has 2 aromatic carbocycles. The average Bonchev–Trinajstić information content (AvgIpc) is 2.99. The van der Waals surface area contributed by atoms with Crippen molar-refractivity contribution < 1.29 is 19.1 Å². The predicted octanol–water partition coefficient (Wildman–Crippen LogP) is 4.61. The number of aliphatic imine (C=N–C) groups is 1. The van der Waals surface area contributed by atoms with Gasteiger partial charge in [-0.3, -0.25) is 14.6 Å². The number of rotatable bonds is 6. The van der Waals surface area contributed by atoms with E-state index in [4.69, 9.17) is 9.73 Å². The van der Waals surface area contributed by atoms with E-state index in [1.165, 1.54) is 6.42 Å². The zero-order valence-electron chi connectivity index (χ0n) is 22.7. The summed E-state index contributed by atoms with van der Waals surface area (Å²) >= 11 is 0. The second-order valence-electron chi connectivity index (χ2n) is 11.1. The number of hydrogen-bond donors (Lipinski definition) is 2. The van der Waals surface area contributed by atoms with Crippen LogP contribution in [0.15, 0.2) is 59.6 Å². The maximum absolute atomic E-state index is 13.6. The van der Waals surface area contributed by atoms with Crippen LogP contribution in [0.2, 0.25) is 0 Å². The van der Waals surface area contributed by atoms with Gasteiger partial charge in [-0.25, -0.2) is 4.79 Å². The first-order valence-electron chi connectivity index (χ1n) is 13.4. The quantitative estimate of drug-likeness (QED) is 0.583. The molecule has 2 atom stereocenters. The third-order valence-corrected chi connectivity index (χ3v) is 6.93. The summed E-state index contributed by atoms with van der Waals surface area (Å²) in [7, 11) is 1.71. The van der Waals surface area contributed by atoms with Gasteiger partial charge in [-0.15, -0.1) is 0 Å². The maximum Gasteiger partial charge on any atom is 0.408 e. The molecule has 1 heterocycles. The Morgan fingerprint density at radius 2 is 1.68 bits per heavy atom. The lowest BCUT2D eigenvalue weighted by molar-refractivity contribution is -0.128. The normalized spacial score (nSPS) is 19.1. The van der Waals surface area contributed by atoms with Crippen molar-refractivity contribution >= 4 is 29.3 Å². The number of para-hydroxylation sites is 1. The third-order valence-electron chi connectivity index (χ3n) is 6.93. The van der Waals surface area contributed by atoms with Crippen LogP contribution in [0.1, 0.15) is 64.0 Å². The SMILES string of the molecule is CN1C(=O)C(NC(=O)[C@@H](Cc2ccccc2)NC(=O)OC(C)(C)C)N=C(C2CCCCC2)c2ccccc21. The standard InChI is InChI=1S/C30H38N4O4/c1-30(2,3)38-29(37)31-23(19-20-13-7-5-8-14-20)27(35)33-26-28(36)34(4)24-18-12-11-17-22(24)25(32-26)21-15-9-6-10-16-21/h5,7-8,11-14,17-18,21,23,26H,6,9-10,15-16,19H2,1-4H3,(H,31,37)(H,33,35)/t23-,26?/m1/s1. The Morgan fingerprint density at radius 1 is 1.03 bits per heavy atom. The number of alkyl carbamates (subject to hydrolysis) is 1. The smallest absolute Gasteiger partial charge is 0.408 e. The zero-order chi connectivity index (χ0) is 27.3. The van der Waals surface area contributed by atoms with Gasteiger partial charge in [-0.1, -0.05) is 67.8 Å². The van der Waals surface area contributed by atoms with Gasteiger partial charge in [-0.05, 0) is 45.2 Å². The highest BCUT2D eigenvalue weighted by Crippen LogP contribution is 2.33. The Balaban J connectivity index is 1.62. The maximum atomic E-state index is 13.6. The van der Waals surface area contributed by atoms with E-state index in [0.29, 0.717) is 0 Å². The second kappa shape index (κ2) is 11.8. The number of anilines is 1. The minimum Gasteiger partial charge on any atom is -0.444 e. The van der Waals surface area contributed by atoms with E-state index in [-0.39, 0.29) is 18.2 Å². The van der Waals surface area contributed by atoms with Crippen LogP contribution < -0.4 is 15.5 Å². The van der Waals surface area contributed by atoms with Crippen molar-refractivity contribution in [2.45, 2.75) is 77.1 Å². The predicted molar refractivity (Wildman–Crippen MR) is 148 cm³/mol. The molecule has 0 spiro atoms. The van der Waals surface area contributed by atoms with Gasteiger partial charge in [0.1, 0.15) is 11.6 Å². The zero-order valence-corrected chi connectivity index (χ0v) is 22.7. The van der Waals surface area contributed by atoms with Gasteiger partial charge in [0.15, 0.2) is 0 Å². The highest BCUT2D eigenvalue weighted by molar-refractivity contribution is 6.14. The number of amides is 3. The average molecular weight is 519 g/mol. The van der Waals surface area contributed by atoms with Crippen LogP contribution in [0.5, 0.6) is 0 Å². The Labute approximate surface area is 224 Å². The monoisotopic (exact) mass is 518 g/mol. The number of benzodiazepines with no additional fused rings is 1. The van der Waals surface area contributed by atoms with Gasteiger partial charge in [0.05, 0.1) is 11.4 Å². The number of nitrogens with zero attached hydrogens (tertiary/aromatic N) is 2. The minimum atomic E-state index is -1.10. The van der Waals surface area contributed by atoms with Crippen molar-refractivity contribution in [3.63, 3.8) is 0 Å². The van der Waals surface area contributed by atoms with Crippen LogP contribution >= 0.6 is 0 Å². The van der Waals surface area contributed by atoms with Gasteiger partial charge in [0.25, 0.3) is 5.91 Å². The first-order valence-corrected chi connectivity index (χ1v) is 13.4. The van der Waals surface area contributed by atoms with E-state index in [2.05, 4.69) is 10.6 Å². The van der Waals surface area contributed by atoms with Crippen molar-refractivity contribution in [3.05, 3.63) is 65.7 Å². The van der Waals surface area contributed by atoms with Crippen molar-refractivity contribution in [1.29, 1.82) is 0 Å². The molecular weight excluding hydrogens is 480 g/mol. The fraction of sp³-hybridized carbons (Fsp3) is 0.467. The molecule has 2 aromatic rings. The summed E-state index contributed by atoms with van der Waals surface area (Å²) < 4.78 is 5.41. The van der Waals surface area contributed by atoms with Crippen LogP contribution in [0.4, 0.5) is 10.5 Å². The lowest BCUT2D eigenvalue weighted by Crippen LogP contribution is -2.54. The molecule has 0 bridgehead atoms. The highest BCUT2D eigenvalue weighted by Gasteiger charge is 2.35. The Hall–Kier alpha value is -3.68. The molecule has 0 radical (unpaired) electrons. The van der Waals surface area contributed by atoms with E-state index in [1.807, 2.05) is 54.6 Å². The second-order valence-corrected chi connectivity index (χ2v) is 11.1. The molecule has 1 unspecified atom stereocenters. The Bertz CT molecular complexity index is 1180. The number of ether oxygens (including phenoxy) is 1. The van der Waals surface area contributed by atoms with Crippen molar-refractivity contribution in [2.75, 3.05) is 11.9 Å². The summed E-state index contributed by atoms with van der Waals surface area (Å²) in [6.45, 7) is 5.29. The van der Waals surface area contributed by atoms with Crippen LogP contribution in [-0.4, -0.2) is 48.5 Å². The molecule has 0 aromatic heterocycles. The molecule has 38 heavy (non-hydrogen) atoms. The van der Waals surface area contributed by atoms with Crippen molar-refractivity contribution in [3.8, 4) is 0 Å². The van der Waals surface area contributed by atoms with E-state index in [1.54, 1.807) is 32.7 Å². The van der Waals surface area contributed by atoms with Crippen molar-refractivity contribution in [1.82, 2.24) is 10.6 Å². The van der Waals surface area contributed by atoms with Gasteiger partial charge in [0.2, 0.25) is 12.1 Å². The summed E-state index contributed by atoms with van der Waals surface area (Å²) in [6.07, 6.45) is 3.87. The molecule has 0 saturated heterocycles. The molecule has 1 aliphatic heterocycles. The molecule has 202 valence electrons. The summed E-state index contributed by atoms with van der Waals surface area (Å²) in [6, 6.07) is 16.2. The first kappa shape index (κ1) is 27.4. The van der Waals surface area contributed by atoms with Gasteiger partial charge in [-0.2, -0.15) is 0 Å². The number of likely N-dealkylation sites (N-methyl/N-ethyl adjacent to an activating group) is 1. The lowest BCUT2D eigenvalue weighted by atomic mass is 9.83. The molecule has 8 nitrogen and oxygen atoms in total. The third kappa shape index (κ3) is 6.79. The number of fused-ring (bicyclic) bond motifs is 1. The first-order chi connectivity index (χ1) is 18.1. The number of carbonyl (C=O) groups is 3. The largest absolute Gasteiger partial charge is 0.444 e. The Morgan fingerprint density at radius 3 is 2.37 bits per heavy atom. The lowest BCUT2D eigenvalue weighted by Gasteiger charge is -2.25. The topological polar surface area (TPSA) is 100 Å². The minimum absolute atomic E-state index is 0.226. The number of hydrogen-bond acceptors (Lipinski definition) is 5. The fourth-order valence-electron chi connectivity index (χ4n) is 5.09. The van der Waals surface area contributed by atoms with Crippen LogP contribution in [0.3, 0.4) is 0 Å². The molecule has 1 fully saturated rings. The molecular formula is C30H38N4O4. The van der Waals surface area contributed by atoms with Gasteiger partial charge in [0, 0.05) is 24.9 Å². The van der Waals surface area contributed by atoms with Crippen LogP contribution in [-0.2, 0) is 20.7 Å². The fourth-order valence-corrected chi connectivity index (χ4v) is 5.09. The van der Waals surface area contributed by atoms with E-state index < -0.39 is 29.8 Å². The molecule has 2 aliphatic rings. The van der Waals surface area contributed by atoms with E-state index in [9.17, 15) is 14.4 Å². The molecule has 3 amide bonds. The van der Waals surface area contributed by atoms with Crippen LogP contribution in [0.25, 0.3) is 0 Å². The molecule has 4 rings (SSSR count). The number of nitrogens with one attached hydrogen (secondary N) is 2. The van der Waals surface area contributed by atoms with E-state index >= 15 is 0 Å². The summed E-state index contributed by atoms with van der Waals surface area (Å²) in [4.78, 5) is 46.2. The molecule has 8 heteroatoms. The van der Waals surface area contributed by atoms with Gasteiger partial charge < -0.3 is 20.3 Å². The highest BCUT2D eigenvalue weighted by atomic mass is 16.6. The molecule has 2 N–H and O–H groups in total. The van der Waals surface area contributed by atoms with Crippen molar-refractivity contribution in [2.24, 2.45) is 10.9 Å². The summed E-state index contributed by atoms with van der Waals surface area (Å²) in [5.74, 6) is -0.597. The Kier molecular flexibility index (Phi) is 8.49. The molecule has 1 saturated carbocycles. The molecule has 1 aliphatic carbocycles.